The lowest BCUT2D eigenvalue weighted by Gasteiger charge is -2.14. The molecular weight excluding hydrogens is 382 g/mol. The Kier molecular flexibility index (Phi) is 5.25. The number of hydrogen-bond acceptors (Lipinski definition) is 3. The van der Waals surface area contributed by atoms with E-state index in [-0.39, 0.29) is 29.5 Å². The Morgan fingerprint density at radius 2 is 1.30 bits per heavy atom. The number of hydrazine groups is 1. The number of halogens is 6. The van der Waals surface area contributed by atoms with E-state index < -0.39 is 40.9 Å². The molecule has 0 aliphatic carbocycles. The van der Waals surface area contributed by atoms with Gasteiger partial charge in [-0.05, 0) is 38.1 Å². The maximum atomic E-state index is 12.8. The van der Waals surface area contributed by atoms with Gasteiger partial charge in [-0.1, -0.05) is 0 Å². The maximum absolute atomic E-state index is 12.8. The predicted molar refractivity (Wildman–Crippen MR) is 79.6 cm³/mol. The normalized spacial score (nSPS) is 12.0. The second-order valence-electron chi connectivity index (χ2n) is 5.53. The Hall–Kier alpha value is -2.98. The molecule has 0 aliphatic rings. The molecule has 1 aromatic heterocycles. The highest BCUT2D eigenvalue weighted by molar-refractivity contribution is 5.99. The third kappa shape index (κ3) is 4.80. The fourth-order valence-corrected chi connectivity index (χ4v) is 2.20. The fourth-order valence-electron chi connectivity index (χ4n) is 2.20. The first-order chi connectivity index (χ1) is 12.3. The van der Waals surface area contributed by atoms with Crippen LogP contribution >= 0.6 is 0 Å². The summed E-state index contributed by atoms with van der Waals surface area (Å²) in [7, 11) is 0. The minimum atomic E-state index is -5.09. The maximum Gasteiger partial charge on any atom is 0.416 e. The number of aryl methyl sites for hydroxylation is 2. The van der Waals surface area contributed by atoms with E-state index in [0.29, 0.717) is 5.76 Å². The second kappa shape index (κ2) is 6.97. The molecule has 27 heavy (non-hydrogen) atoms. The number of nitrogens with one attached hydrogen (secondary N) is 2. The third-order valence-electron chi connectivity index (χ3n) is 3.43. The highest BCUT2D eigenvalue weighted by atomic mass is 19.4. The Balaban J connectivity index is 2.25. The summed E-state index contributed by atoms with van der Waals surface area (Å²) in [6.07, 6.45) is -10.2. The van der Waals surface area contributed by atoms with Crippen molar-refractivity contribution in [3.63, 3.8) is 0 Å². The van der Waals surface area contributed by atoms with Gasteiger partial charge in [-0.3, -0.25) is 20.4 Å². The zero-order valence-electron chi connectivity index (χ0n) is 13.8. The van der Waals surface area contributed by atoms with E-state index in [9.17, 15) is 35.9 Å². The highest BCUT2D eigenvalue weighted by Crippen LogP contribution is 2.36. The highest BCUT2D eigenvalue weighted by Gasteiger charge is 2.37. The molecule has 0 aliphatic heterocycles. The minimum absolute atomic E-state index is 0.0489. The van der Waals surface area contributed by atoms with E-state index in [1.807, 2.05) is 5.43 Å². The van der Waals surface area contributed by atoms with Gasteiger partial charge in [0.25, 0.3) is 11.8 Å². The molecule has 1 aromatic carbocycles. The van der Waals surface area contributed by atoms with Crippen LogP contribution in [0.1, 0.15) is 43.4 Å². The summed E-state index contributed by atoms with van der Waals surface area (Å²) in [4.78, 5) is 23.9. The van der Waals surface area contributed by atoms with E-state index in [4.69, 9.17) is 4.42 Å². The van der Waals surface area contributed by atoms with E-state index >= 15 is 0 Å². The number of furan rings is 1. The van der Waals surface area contributed by atoms with Gasteiger partial charge in [-0.15, -0.1) is 0 Å². The SMILES string of the molecule is Cc1cc(C(=O)NNC(=O)c2cc(C(F)(F)F)cc(C(F)(F)F)c2)c(C)o1. The van der Waals surface area contributed by atoms with Crippen molar-refractivity contribution in [3.05, 3.63) is 58.0 Å². The standard InChI is InChI=1S/C16H12F6N2O3/c1-7-3-12(8(2)27-7)14(26)24-23-13(25)9-4-10(15(17,18)19)6-11(5-9)16(20,21)22/h3-6H,1-2H3,(H,23,25)(H,24,26). The van der Waals surface area contributed by atoms with Gasteiger partial charge in [0.1, 0.15) is 11.5 Å². The van der Waals surface area contributed by atoms with E-state index in [1.54, 1.807) is 12.3 Å². The van der Waals surface area contributed by atoms with Crippen LogP contribution < -0.4 is 10.9 Å². The average molecular weight is 394 g/mol. The van der Waals surface area contributed by atoms with Crippen LogP contribution in [-0.4, -0.2) is 11.8 Å². The molecule has 0 unspecified atom stereocenters. The Labute approximate surface area is 148 Å². The van der Waals surface area contributed by atoms with Gasteiger partial charge in [0.15, 0.2) is 0 Å². The van der Waals surface area contributed by atoms with Crippen LogP contribution in [0.15, 0.2) is 28.7 Å². The summed E-state index contributed by atoms with van der Waals surface area (Å²) in [6, 6.07) is 1.75. The van der Waals surface area contributed by atoms with Crippen molar-refractivity contribution >= 4 is 11.8 Å². The first-order valence-corrected chi connectivity index (χ1v) is 7.26. The molecule has 2 rings (SSSR count). The van der Waals surface area contributed by atoms with Crippen LogP contribution in [0.25, 0.3) is 0 Å². The average Bonchev–Trinajstić information content (AvgIpc) is 2.88. The first kappa shape index (κ1) is 20.3. The van der Waals surface area contributed by atoms with Crippen LogP contribution in [0, 0.1) is 13.8 Å². The molecule has 5 nitrogen and oxygen atoms in total. The Morgan fingerprint density at radius 1 is 0.815 bits per heavy atom. The summed E-state index contributed by atoms with van der Waals surface area (Å²) >= 11 is 0. The molecule has 0 saturated heterocycles. The van der Waals surface area contributed by atoms with Gasteiger partial charge in [-0.25, -0.2) is 0 Å². The smallest absolute Gasteiger partial charge is 0.416 e. The minimum Gasteiger partial charge on any atom is -0.466 e. The molecule has 1 heterocycles. The first-order valence-electron chi connectivity index (χ1n) is 7.26. The van der Waals surface area contributed by atoms with Crippen molar-refractivity contribution in [1.29, 1.82) is 0 Å². The fraction of sp³-hybridized carbons (Fsp3) is 0.250. The van der Waals surface area contributed by atoms with Crippen LogP contribution in [0.2, 0.25) is 0 Å². The predicted octanol–water partition coefficient (Wildman–Crippen LogP) is 4.01. The van der Waals surface area contributed by atoms with Crippen molar-refractivity contribution in [2.24, 2.45) is 0 Å². The van der Waals surface area contributed by atoms with Gasteiger partial charge in [0, 0.05) is 5.56 Å². The van der Waals surface area contributed by atoms with Crippen molar-refractivity contribution < 1.29 is 40.3 Å². The lowest BCUT2D eigenvalue weighted by molar-refractivity contribution is -0.143. The Morgan fingerprint density at radius 3 is 1.70 bits per heavy atom. The van der Waals surface area contributed by atoms with Crippen LogP contribution in [-0.2, 0) is 12.4 Å². The molecule has 2 amide bonds. The van der Waals surface area contributed by atoms with Gasteiger partial charge in [0.05, 0.1) is 16.7 Å². The number of hydrogen-bond donors (Lipinski definition) is 2. The number of benzene rings is 1. The number of carbonyl (C=O) groups is 2. The molecular formula is C16H12F6N2O3. The lowest BCUT2D eigenvalue weighted by Crippen LogP contribution is -2.41. The molecule has 0 spiro atoms. The van der Waals surface area contributed by atoms with E-state index in [0.717, 1.165) is 0 Å². The largest absolute Gasteiger partial charge is 0.466 e. The summed E-state index contributed by atoms with van der Waals surface area (Å²) in [5.41, 5.74) is -0.474. The number of alkyl halides is 6. The summed E-state index contributed by atoms with van der Waals surface area (Å²) in [5.74, 6) is -1.58. The van der Waals surface area contributed by atoms with Crippen molar-refractivity contribution in [2.45, 2.75) is 26.2 Å². The quantitative estimate of drug-likeness (QED) is 0.597. The zero-order chi connectivity index (χ0) is 20.6. The number of rotatable bonds is 2. The Bertz CT molecular complexity index is 851. The number of carbonyl (C=O) groups excluding carboxylic acids is 2. The van der Waals surface area contributed by atoms with Gasteiger partial charge in [-0.2, -0.15) is 26.3 Å². The molecule has 11 heteroatoms. The number of amides is 2. The van der Waals surface area contributed by atoms with Crippen LogP contribution in [0.5, 0.6) is 0 Å². The lowest BCUT2D eigenvalue weighted by atomic mass is 10.0. The van der Waals surface area contributed by atoms with Gasteiger partial charge < -0.3 is 4.42 Å². The summed E-state index contributed by atoms with van der Waals surface area (Å²) in [6.45, 7) is 3.02. The molecule has 0 atom stereocenters. The summed E-state index contributed by atoms with van der Waals surface area (Å²) < 4.78 is 81.9. The van der Waals surface area contributed by atoms with E-state index in [2.05, 4.69) is 0 Å². The molecule has 0 bridgehead atoms. The summed E-state index contributed by atoms with van der Waals surface area (Å²) in [5, 5.41) is 0. The topological polar surface area (TPSA) is 71.3 Å². The van der Waals surface area contributed by atoms with Gasteiger partial charge in [0.2, 0.25) is 0 Å². The van der Waals surface area contributed by atoms with E-state index in [1.165, 1.54) is 13.0 Å². The zero-order valence-corrected chi connectivity index (χ0v) is 13.8. The molecule has 2 aromatic rings. The van der Waals surface area contributed by atoms with Crippen LogP contribution in [0.3, 0.4) is 0 Å². The molecule has 0 radical (unpaired) electrons. The van der Waals surface area contributed by atoms with Gasteiger partial charge >= 0.3 is 12.4 Å². The molecule has 2 N–H and O–H groups in total. The molecule has 0 saturated carbocycles. The van der Waals surface area contributed by atoms with Crippen molar-refractivity contribution in [1.82, 2.24) is 10.9 Å². The van der Waals surface area contributed by atoms with Crippen LogP contribution in [0.4, 0.5) is 26.3 Å². The third-order valence-corrected chi connectivity index (χ3v) is 3.43. The monoisotopic (exact) mass is 394 g/mol. The van der Waals surface area contributed by atoms with Crippen molar-refractivity contribution in [2.75, 3.05) is 0 Å². The van der Waals surface area contributed by atoms with Crippen molar-refractivity contribution in [3.8, 4) is 0 Å². The molecule has 0 fully saturated rings. The molecule has 146 valence electrons. The second-order valence-corrected chi connectivity index (χ2v) is 5.53.